The summed E-state index contributed by atoms with van der Waals surface area (Å²) in [6.45, 7) is 0.625. The summed E-state index contributed by atoms with van der Waals surface area (Å²) in [5, 5.41) is 94.8. The number of amides is 15. The first-order valence-electron chi connectivity index (χ1n) is 41.0. The Kier molecular flexibility index (Phi) is 43.0. The lowest BCUT2D eigenvalue weighted by Gasteiger charge is -2.30. The first-order valence-corrected chi connectivity index (χ1v) is 41.0. The smallest absolute Gasteiger partial charge is 0.329 e. The number of primary amides is 1. The zero-order valence-corrected chi connectivity index (χ0v) is 70.8. The Morgan fingerprint density at radius 1 is 0.566 bits per heavy atom. The first-order chi connectivity index (χ1) is 61.1. The second-order valence-electron chi connectivity index (χ2n) is 30.3. The minimum Gasteiger partial charge on any atom is -0.508 e. The number of nitrogens with one attached hydrogen (secondary N) is 15. The maximum absolute atomic E-state index is 15.1. The number of ether oxygens (including phenoxy) is 1. The molecule has 14 atom stereocenters. The number of phenols is 1. The molecule has 48 nitrogen and oxygen atoms in total. The van der Waals surface area contributed by atoms with E-state index in [4.69, 9.17) is 16.2 Å². The molecule has 14 unspecified atom stereocenters. The van der Waals surface area contributed by atoms with E-state index in [0.29, 0.717) is 34.9 Å². The molecule has 700 valence electrons. The third-order valence-electron chi connectivity index (χ3n) is 20.0. The number of nitrogens with two attached hydrogens (primary N) is 2. The summed E-state index contributed by atoms with van der Waals surface area (Å²) in [6.07, 6.45) is -3.49. The summed E-state index contributed by atoms with van der Waals surface area (Å²) in [6, 6.07) is -7.50. The third kappa shape index (κ3) is 36.1. The zero-order valence-electron chi connectivity index (χ0n) is 70.8. The van der Waals surface area contributed by atoms with Gasteiger partial charge in [0.25, 0.3) is 0 Å². The number of hydrogen-bond acceptors (Lipinski definition) is 26. The van der Waals surface area contributed by atoms with Crippen molar-refractivity contribution in [1.29, 1.82) is 0 Å². The van der Waals surface area contributed by atoms with Crippen LogP contribution < -0.4 is 85.9 Å². The van der Waals surface area contributed by atoms with Crippen LogP contribution in [0.25, 0.3) is 21.3 Å². The number of azide groups is 1. The molecule has 25 N–H and O–H groups in total. The number of nitrogens with zero attached hydrogens (tertiary/aromatic N) is 3. The molecular formula is C81H108N20O28. The summed E-state index contributed by atoms with van der Waals surface area (Å²) in [4.78, 5) is 296. The fraction of sp³-hybridized carbons (Fsp3) is 0.494. The Morgan fingerprint density at radius 2 is 1.12 bits per heavy atom. The highest BCUT2D eigenvalue weighted by molar-refractivity contribution is 6.05. The van der Waals surface area contributed by atoms with E-state index < -0.39 is 279 Å². The van der Waals surface area contributed by atoms with Crippen LogP contribution in [0.4, 0.5) is 5.69 Å². The number of hydrogen-bond donors (Lipinski definition) is 23. The molecule has 1 saturated heterocycles. The number of aromatic hydroxyl groups is 1. The van der Waals surface area contributed by atoms with Crippen molar-refractivity contribution in [2.24, 2.45) is 22.5 Å². The van der Waals surface area contributed by atoms with Crippen molar-refractivity contribution in [2.75, 3.05) is 26.2 Å². The summed E-state index contributed by atoms with van der Waals surface area (Å²) >= 11 is 0. The number of aromatic amines is 1. The number of ketones is 1. The SMILES string of the molecule is CCCCCCCCCC(=O)NC(Cc1c[nH]c2ccccc12)C(=O)NC(CC(N)=O)C(=O)NC(CC(=O)O)C(=O)NC1C(=O)NCC(=O)NC(CCCNC(=O)C(N)Cc2ccc(O)cc2)C(=O)NC(CC(=O)O)C(=O)NC(C)C(=O)NC(CC(=O)O)C(=O)NCC(=O)NC(CO)C(=O)NC(C(C)CC(=O)O)C(=O)NC(CC(=O)c2ccccc2N=[N+]=[N-])C(=O)OC1C. The summed E-state index contributed by atoms with van der Waals surface area (Å²) < 4.78 is 5.72. The van der Waals surface area contributed by atoms with Crippen LogP contribution in [0.3, 0.4) is 0 Å². The first kappa shape index (κ1) is 105. The predicted molar refractivity (Wildman–Crippen MR) is 448 cm³/mol. The molecule has 0 saturated carbocycles. The molecule has 0 radical (unpaired) electrons. The lowest BCUT2D eigenvalue weighted by Crippen LogP contribution is -2.62. The molecule has 0 aliphatic carbocycles. The van der Waals surface area contributed by atoms with Crippen LogP contribution in [0.15, 0.2) is 84.1 Å². The van der Waals surface area contributed by atoms with E-state index in [1.807, 2.05) is 16.0 Å². The Morgan fingerprint density at radius 3 is 1.74 bits per heavy atom. The van der Waals surface area contributed by atoms with Crippen molar-refractivity contribution < 1.29 is 136 Å². The van der Waals surface area contributed by atoms with E-state index in [9.17, 15) is 127 Å². The molecule has 15 amide bonds. The van der Waals surface area contributed by atoms with Crippen molar-refractivity contribution in [2.45, 2.75) is 222 Å². The molecular weight excluding hydrogens is 1700 g/mol. The largest absolute Gasteiger partial charge is 0.508 e. The van der Waals surface area contributed by atoms with Gasteiger partial charge in [0, 0.05) is 59.1 Å². The Labute approximate surface area is 735 Å². The predicted octanol–water partition coefficient (Wildman–Crippen LogP) is -3.83. The van der Waals surface area contributed by atoms with Gasteiger partial charge in [0.15, 0.2) is 5.78 Å². The summed E-state index contributed by atoms with van der Waals surface area (Å²) in [7, 11) is 0. The van der Waals surface area contributed by atoms with Crippen LogP contribution >= 0.6 is 0 Å². The molecule has 4 aromatic rings. The van der Waals surface area contributed by atoms with E-state index in [1.54, 1.807) is 30.5 Å². The third-order valence-corrected chi connectivity index (χ3v) is 20.0. The van der Waals surface area contributed by atoms with Crippen molar-refractivity contribution in [3.63, 3.8) is 0 Å². The molecule has 1 aromatic heterocycles. The quantitative estimate of drug-likeness (QED) is 0.00507. The lowest BCUT2D eigenvalue weighted by atomic mass is 9.96. The van der Waals surface area contributed by atoms with Crippen molar-refractivity contribution in [3.05, 3.63) is 106 Å². The Balaban J connectivity index is 1.65. The zero-order chi connectivity index (χ0) is 95.7. The highest BCUT2D eigenvalue weighted by Crippen LogP contribution is 2.24. The van der Waals surface area contributed by atoms with Gasteiger partial charge in [-0.2, -0.15) is 0 Å². The molecule has 1 aliphatic rings. The molecule has 129 heavy (non-hydrogen) atoms. The van der Waals surface area contributed by atoms with Crippen molar-refractivity contribution >= 4 is 141 Å². The van der Waals surface area contributed by atoms with Crippen LogP contribution in [0, 0.1) is 5.92 Å². The number of carboxylic acid groups (broad SMARTS) is 4. The van der Waals surface area contributed by atoms with Crippen LogP contribution in [0.5, 0.6) is 5.75 Å². The Hall–Kier alpha value is -14.7. The maximum atomic E-state index is 15.1. The number of aliphatic carboxylic acids is 4. The number of esters is 1. The number of aromatic nitrogens is 1. The van der Waals surface area contributed by atoms with Crippen LogP contribution in [-0.4, -0.2) is 265 Å². The number of benzene rings is 3. The summed E-state index contributed by atoms with van der Waals surface area (Å²) in [5.41, 5.74) is 22.0. The lowest BCUT2D eigenvalue weighted by molar-refractivity contribution is -0.156. The van der Waals surface area contributed by atoms with Crippen LogP contribution in [0.2, 0.25) is 0 Å². The second-order valence-corrected chi connectivity index (χ2v) is 30.3. The topological polar surface area (TPSA) is 774 Å². The number of H-pyrrole nitrogens is 1. The van der Waals surface area contributed by atoms with Gasteiger partial charge in [-0.1, -0.05) is 112 Å². The standard InChI is InChI=1S/C81H108N20O28/c1-5-6-7-8-9-10-11-22-61(106)91-52(30-44-36-86-49-19-14-12-17-46(44)49)75(122)94-53(32-60(83)105)76(123)96-56(35-67(115)116)77(124)99-69-42(4)129-81(128)57(31-59(104)47-18-13-15-20-50(47)100-101-84)97-80(127)68(40(2)28-64(109)110)98-78(125)58(39-102)92-63(108)37-87-72(119)54(33-65(111)112)93-70(117)41(3)89-74(121)55(34-66(113)114)95-73(120)51(90-62(107)38-88-79(69)126)21-16-27-85-71(118)48(82)29-43-23-25-45(103)26-24-43/h12-15,17-20,23-26,36,40-42,48,51-58,68-69,86,102-103H,5-11,16,21-22,27-35,37-39,82H2,1-4H3,(H2,83,105)(H,85,118)(H,87,119)(H,88,126)(H,89,121)(H,90,107)(H,91,106)(H,92,108)(H,93,117)(H,94,122)(H,95,120)(H,96,123)(H,97,127)(H,98,125)(H,99,124)(H,109,110)(H,111,112)(H,113,114)(H,115,116). The average molecular weight is 1810 g/mol. The molecule has 1 fully saturated rings. The Bertz CT molecular complexity index is 4790. The number of carboxylic acids is 4. The number of carbonyl (C=O) groups is 21. The number of para-hydroxylation sites is 1. The van der Waals surface area contributed by atoms with E-state index in [1.165, 1.54) is 36.4 Å². The molecule has 0 spiro atoms. The van der Waals surface area contributed by atoms with E-state index in [2.05, 4.69) is 80.4 Å². The van der Waals surface area contributed by atoms with Gasteiger partial charge in [0.1, 0.15) is 78.3 Å². The molecule has 3 aromatic carbocycles. The minimum atomic E-state index is -2.55. The number of phenolic OH excluding ortho intramolecular Hbond substituents is 1. The van der Waals surface area contributed by atoms with Crippen LogP contribution in [0.1, 0.15) is 152 Å². The fourth-order valence-corrected chi connectivity index (χ4v) is 13.1. The maximum Gasteiger partial charge on any atom is 0.329 e. The van der Waals surface area contributed by atoms with Crippen molar-refractivity contribution in [1.82, 2.24) is 79.4 Å². The number of Topliss-reactive ketones (excluding diaryl/α,β-unsaturated/α-hetero) is 1. The van der Waals surface area contributed by atoms with Gasteiger partial charge in [-0.05, 0) is 80.3 Å². The molecule has 48 heteroatoms. The number of cyclic esters (lactones) is 1. The van der Waals surface area contributed by atoms with E-state index in [-0.39, 0.29) is 43.7 Å². The highest BCUT2D eigenvalue weighted by atomic mass is 16.5. The molecule has 0 bridgehead atoms. The number of carbonyl (C=O) groups excluding carboxylic acids is 17. The van der Waals surface area contributed by atoms with Gasteiger partial charge in [-0.3, -0.25) is 95.9 Å². The fourth-order valence-electron chi connectivity index (χ4n) is 13.1. The minimum absolute atomic E-state index is 0.0444. The highest BCUT2D eigenvalue weighted by Gasteiger charge is 2.41. The number of aliphatic hydroxyl groups excluding tert-OH is 1. The van der Waals surface area contributed by atoms with Gasteiger partial charge < -0.3 is 126 Å². The van der Waals surface area contributed by atoms with Gasteiger partial charge in [0.2, 0.25) is 88.6 Å². The number of unbranched alkanes of at least 4 members (excludes halogenated alkanes) is 6. The molecule has 2 heterocycles. The van der Waals surface area contributed by atoms with Gasteiger partial charge in [0.05, 0.1) is 57.8 Å². The van der Waals surface area contributed by atoms with Gasteiger partial charge in [-0.25, -0.2) is 4.79 Å². The van der Waals surface area contributed by atoms with Gasteiger partial charge in [-0.15, -0.1) is 0 Å². The average Bonchev–Trinajstić information content (AvgIpc) is 1.64. The van der Waals surface area contributed by atoms with E-state index in [0.717, 1.165) is 65.0 Å². The summed E-state index contributed by atoms with van der Waals surface area (Å²) in [5.74, 6) is -31.8. The normalized spacial score (nSPS) is 20.2. The number of fused-ring (bicyclic) bond motifs is 1. The number of aliphatic hydroxyl groups is 1. The monoisotopic (exact) mass is 1810 g/mol. The van der Waals surface area contributed by atoms with Gasteiger partial charge >= 0.3 is 29.8 Å². The number of rotatable bonds is 40. The molecule has 1 aliphatic heterocycles. The van der Waals surface area contributed by atoms with Crippen LogP contribution in [-0.2, 0) is 113 Å². The molecule has 5 rings (SSSR count). The van der Waals surface area contributed by atoms with Crippen molar-refractivity contribution in [3.8, 4) is 5.75 Å². The van der Waals surface area contributed by atoms with E-state index >= 15 is 9.59 Å². The second kappa shape index (κ2) is 52.9.